The summed E-state index contributed by atoms with van der Waals surface area (Å²) >= 11 is 1.25. The van der Waals surface area contributed by atoms with Gasteiger partial charge >= 0.3 is 5.97 Å². The van der Waals surface area contributed by atoms with Crippen molar-refractivity contribution in [3.63, 3.8) is 0 Å². The summed E-state index contributed by atoms with van der Waals surface area (Å²) in [5.74, 6) is -2.83. The number of ketones is 1. The molecule has 0 fully saturated rings. The Bertz CT molecular complexity index is 910. The number of nitrogens with one attached hydrogen (secondary N) is 1. The molecule has 140 valence electrons. The van der Waals surface area contributed by atoms with Crippen molar-refractivity contribution in [2.45, 2.75) is 19.8 Å². The van der Waals surface area contributed by atoms with Crippen molar-refractivity contribution in [1.82, 2.24) is 10.2 Å². The minimum Gasteiger partial charge on any atom is -0.454 e. The molecule has 9 nitrogen and oxygen atoms in total. The molecular weight excluding hydrogens is 372 g/mol. The van der Waals surface area contributed by atoms with E-state index in [0.717, 1.165) is 22.7 Å². The summed E-state index contributed by atoms with van der Waals surface area (Å²) in [5.41, 5.74) is 0.596. The first-order valence-electron chi connectivity index (χ1n) is 8.22. The summed E-state index contributed by atoms with van der Waals surface area (Å²) in [6.07, 6.45) is 1.69. The Balaban J connectivity index is 1.51. The topological polar surface area (TPSA) is 119 Å². The zero-order valence-corrected chi connectivity index (χ0v) is 15.2. The zero-order valence-electron chi connectivity index (χ0n) is 14.4. The third kappa shape index (κ3) is 4.17. The van der Waals surface area contributed by atoms with Gasteiger partial charge in [0, 0.05) is 6.42 Å². The molecule has 2 heterocycles. The van der Waals surface area contributed by atoms with Crippen LogP contribution in [-0.2, 0) is 25.5 Å². The van der Waals surface area contributed by atoms with Gasteiger partial charge in [0.1, 0.15) is 11.6 Å². The van der Waals surface area contributed by atoms with Gasteiger partial charge in [-0.05, 0) is 18.6 Å². The molecule has 2 aromatic rings. The lowest BCUT2D eigenvalue weighted by atomic mass is 10.1. The number of aromatic nitrogens is 2. The van der Waals surface area contributed by atoms with Crippen molar-refractivity contribution >= 4 is 45.7 Å². The maximum absolute atomic E-state index is 12.0. The van der Waals surface area contributed by atoms with Crippen LogP contribution < -0.4 is 10.2 Å². The number of benzene rings is 1. The Morgan fingerprint density at radius 3 is 2.78 bits per heavy atom. The van der Waals surface area contributed by atoms with Crippen molar-refractivity contribution in [2.75, 3.05) is 23.4 Å². The molecule has 3 rings (SSSR count). The van der Waals surface area contributed by atoms with Crippen LogP contribution in [0.4, 0.5) is 10.8 Å². The number of hydrogen-bond acceptors (Lipinski definition) is 8. The van der Waals surface area contributed by atoms with Crippen LogP contribution in [0.5, 0.6) is 0 Å². The summed E-state index contributed by atoms with van der Waals surface area (Å²) in [7, 11) is 0. The normalized spacial score (nSPS) is 12.9. The Kier molecular flexibility index (Phi) is 5.55. The maximum atomic E-state index is 12.0. The first-order chi connectivity index (χ1) is 13.0. The predicted molar refractivity (Wildman–Crippen MR) is 96.6 cm³/mol. The van der Waals surface area contributed by atoms with Gasteiger partial charge in [0.05, 0.1) is 11.3 Å². The highest BCUT2D eigenvalue weighted by Crippen LogP contribution is 2.28. The van der Waals surface area contributed by atoms with Crippen LogP contribution in [0, 0.1) is 0 Å². The minimum absolute atomic E-state index is 0.243. The molecule has 1 N–H and O–H groups in total. The summed E-state index contributed by atoms with van der Waals surface area (Å²) in [6, 6.07) is 6.38. The molecule has 0 atom stereocenters. The van der Waals surface area contributed by atoms with Gasteiger partial charge in [-0.3, -0.25) is 29.4 Å². The average Bonchev–Trinajstić information content (AvgIpc) is 3.19. The van der Waals surface area contributed by atoms with Crippen LogP contribution in [0.25, 0.3) is 0 Å². The van der Waals surface area contributed by atoms with Gasteiger partial charge in [0.2, 0.25) is 5.13 Å². The molecule has 2 amide bonds. The van der Waals surface area contributed by atoms with Crippen LogP contribution in [-0.4, -0.2) is 46.9 Å². The minimum atomic E-state index is -0.799. The van der Waals surface area contributed by atoms with Crippen LogP contribution in [0.2, 0.25) is 0 Å². The zero-order chi connectivity index (χ0) is 19.4. The number of carbonyl (C=O) groups excluding carboxylic acids is 4. The molecule has 27 heavy (non-hydrogen) atoms. The fourth-order valence-corrected chi connectivity index (χ4v) is 3.36. The lowest BCUT2D eigenvalue weighted by Crippen LogP contribution is -2.36. The number of rotatable bonds is 7. The van der Waals surface area contributed by atoms with Crippen molar-refractivity contribution in [3.8, 4) is 0 Å². The number of anilines is 2. The highest BCUT2D eigenvalue weighted by atomic mass is 32.1. The van der Waals surface area contributed by atoms with Gasteiger partial charge in [-0.25, -0.2) is 0 Å². The molecule has 0 radical (unpaired) electrons. The smallest absolute Gasteiger partial charge is 0.326 e. The van der Waals surface area contributed by atoms with Crippen LogP contribution in [0.15, 0.2) is 24.3 Å². The monoisotopic (exact) mass is 388 g/mol. The van der Waals surface area contributed by atoms with Crippen LogP contribution in [0.3, 0.4) is 0 Å². The molecule has 1 aromatic heterocycles. The third-order valence-corrected chi connectivity index (χ3v) is 4.61. The number of carbonyl (C=O) groups is 4. The lowest BCUT2D eigenvalue weighted by molar-refractivity contribution is -0.146. The van der Waals surface area contributed by atoms with Crippen molar-refractivity contribution in [2.24, 2.45) is 0 Å². The van der Waals surface area contributed by atoms with E-state index in [2.05, 4.69) is 15.5 Å². The van der Waals surface area contributed by atoms with E-state index in [4.69, 9.17) is 4.74 Å². The molecule has 1 aliphatic rings. The fraction of sp³-hybridized carbons (Fsp3) is 0.294. The summed E-state index contributed by atoms with van der Waals surface area (Å²) in [5, 5.41) is 11.4. The van der Waals surface area contributed by atoms with Gasteiger partial charge in [-0.1, -0.05) is 30.4 Å². The maximum Gasteiger partial charge on any atom is 0.326 e. The van der Waals surface area contributed by atoms with Gasteiger partial charge < -0.3 is 4.74 Å². The third-order valence-electron chi connectivity index (χ3n) is 3.71. The second kappa shape index (κ2) is 8.04. The van der Waals surface area contributed by atoms with E-state index >= 15 is 0 Å². The standard InChI is InChI=1S/C17H16N4O5S/c1-2-5-13-19-20-17(27-13)18-12(22)9-26-14(23)8-21-11-7-4-3-6-10(11)15(24)16(21)25/h3-4,6-7H,2,5,8-9H2,1H3,(H,18,20,22). The molecule has 0 saturated heterocycles. The average molecular weight is 388 g/mol. The van der Waals surface area contributed by atoms with Crippen LogP contribution >= 0.6 is 11.3 Å². The highest BCUT2D eigenvalue weighted by Gasteiger charge is 2.36. The van der Waals surface area contributed by atoms with Crippen molar-refractivity contribution in [3.05, 3.63) is 34.8 Å². The molecule has 1 aliphatic heterocycles. The van der Waals surface area contributed by atoms with E-state index in [0.29, 0.717) is 10.8 Å². The molecule has 0 unspecified atom stereocenters. The van der Waals surface area contributed by atoms with E-state index in [9.17, 15) is 19.2 Å². The van der Waals surface area contributed by atoms with Gasteiger partial charge in [-0.15, -0.1) is 10.2 Å². The number of Topliss-reactive ketones (excluding diaryl/α,β-unsaturated/α-hetero) is 1. The second-order valence-corrected chi connectivity index (χ2v) is 6.76. The summed E-state index contributed by atoms with van der Waals surface area (Å²) in [4.78, 5) is 48.8. The predicted octanol–water partition coefficient (Wildman–Crippen LogP) is 1.20. The SMILES string of the molecule is CCCc1nnc(NC(=O)COC(=O)CN2C(=O)C(=O)c3ccccc32)s1. The van der Waals surface area contributed by atoms with Gasteiger partial charge in [-0.2, -0.15) is 0 Å². The molecule has 0 bridgehead atoms. The number of nitrogens with zero attached hydrogens (tertiary/aromatic N) is 3. The molecule has 10 heteroatoms. The summed E-state index contributed by atoms with van der Waals surface area (Å²) in [6.45, 7) is 1.03. The molecule has 0 aliphatic carbocycles. The number of hydrogen-bond donors (Lipinski definition) is 1. The van der Waals surface area contributed by atoms with E-state index in [-0.39, 0.29) is 5.56 Å². The Morgan fingerprint density at radius 2 is 2.00 bits per heavy atom. The van der Waals surface area contributed by atoms with Gasteiger partial charge in [0.25, 0.3) is 17.6 Å². The quantitative estimate of drug-likeness (QED) is 0.559. The summed E-state index contributed by atoms with van der Waals surface area (Å²) < 4.78 is 4.89. The molecule has 1 aromatic carbocycles. The van der Waals surface area contributed by atoms with E-state index in [1.165, 1.54) is 17.4 Å². The van der Waals surface area contributed by atoms with Crippen molar-refractivity contribution in [1.29, 1.82) is 0 Å². The molecule has 0 spiro atoms. The number of ether oxygens (including phenoxy) is 1. The fourth-order valence-electron chi connectivity index (χ4n) is 2.50. The Labute approximate surface area is 158 Å². The first-order valence-corrected chi connectivity index (χ1v) is 9.04. The van der Waals surface area contributed by atoms with Crippen molar-refractivity contribution < 1.29 is 23.9 Å². The molecule has 0 saturated carbocycles. The Morgan fingerprint density at radius 1 is 1.22 bits per heavy atom. The van der Waals surface area contributed by atoms with Crippen LogP contribution in [0.1, 0.15) is 28.7 Å². The van der Waals surface area contributed by atoms with E-state index in [1.807, 2.05) is 6.92 Å². The number of para-hydroxylation sites is 1. The number of aryl methyl sites for hydroxylation is 1. The lowest BCUT2D eigenvalue weighted by Gasteiger charge is -2.15. The van der Waals surface area contributed by atoms with Gasteiger partial charge in [0.15, 0.2) is 6.61 Å². The molecular formula is C17H16N4O5S. The van der Waals surface area contributed by atoms with E-state index < -0.39 is 36.7 Å². The largest absolute Gasteiger partial charge is 0.454 e. The highest BCUT2D eigenvalue weighted by molar-refractivity contribution is 7.15. The number of amides is 2. The first kappa shape index (κ1) is 18.6. The number of fused-ring (bicyclic) bond motifs is 1. The van der Waals surface area contributed by atoms with E-state index in [1.54, 1.807) is 18.2 Å². The Hall–Kier alpha value is -3.14. The second-order valence-electron chi connectivity index (χ2n) is 5.70. The number of esters is 1.